The minimum Gasteiger partial charge on any atom is -0.324 e. The van der Waals surface area contributed by atoms with Gasteiger partial charge >= 0.3 is 0 Å². The van der Waals surface area contributed by atoms with Gasteiger partial charge in [-0.25, -0.2) is 13.6 Å². The largest absolute Gasteiger partial charge is 0.324 e. The Balaban J connectivity index is 2.73. The third-order valence-electron chi connectivity index (χ3n) is 2.26. The number of hydrogen-bond acceptors (Lipinski definition) is 4. The quantitative estimate of drug-likeness (QED) is 0.667. The molecule has 1 aromatic rings. The fourth-order valence-corrected chi connectivity index (χ4v) is 2.52. The molecule has 1 rings (SSSR count). The minimum absolute atomic E-state index is 0.0125. The Morgan fingerprint density at radius 2 is 2.11 bits per heavy atom. The number of nitrogens with two attached hydrogens (primary N) is 1. The van der Waals surface area contributed by atoms with Crippen molar-refractivity contribution in [1.29, 1.82) is 0 Å². The molecule has 0 aromatic heterocycles. The van der Waals surface area contributed by atoms with Crippen molar-refractivity contribution in [3.63, 3.8) is 0 Å². The van der Waals surface area contributed by atoms with E-state index in [4.69, 9.17) is 5.14 Å². The van der Waals surface area contributed by atoms with Crippen LogP contribution in [0.4, 0.5) is 5.69 Å². The first-order valence-electron chi connectivity index (χ1n) is 5.67. The van der Waals surface area contributed by atoms with Crippen molar-refractivity contribution in [2.24, 2.45) is 5.14 Å². The zero-order chi connectivity index (χ0) is 14.5. The summed E-state index contributed by atoms with van der Waals surface area (Å²) < 4.78 is 22.8. The number of nitrogens with one attached hydrogen (secondary N) is 2. The molecular weight excluding hydrogens is 334 g/mol. The third-order valence-corrected chi connectivity index (χ3v) is 3.82. The van der Waals surface area contributed by atoms with E-state index in [0.29, 0.717) is 10.2 Å². The van der Waals surface area contributed by atoms with E-state index in [-0.39, 0.29) is 17.3 Å². The molecule has 6 nitrogen and oxygen atoms in total. The van der Waals surface area contributed by atoms with E-state index < -0.39 is 10.0 Å². The summed E-state index contributed by atoms with van der Waals surface area (Å²) in [5, 5.41) is 10.6. The predicted octanol–water partition coefficient (Wildman–Crippen LogP) is 1.03. The molecule has 19 heavy (non-hydrogen) atoms. The fraction of sp³-hybridized carbons (Fsp3) is 0.364. The maximum Gasteiger partial charge on any atom is 0.238 e. The average Bonchev–Trinajstić information content (AvgIpc) is 2.31. The molecule has 4 N–H and O–H groups in total. The Morgan fingerprint density at radius 1 is 1.42 bits per heavy atom. The number of hydrogen-bond donors (Lipinski definition) is 3. The van der Waals surface area contributed by atoms with Gasteiger partial charge in [0.15, 0.2) is 0 Å². The molecule has 0 bridgehead atoms. The van der Waals surface area contributed by atoms with Crippen LogP contribution in [0, 0.1) is 0 Å². The van der Waals surface area contributed by atoms with Gasteiger partial charge in [-0.1, -0.05) is 6.92 Å². The third kappa shape index (κ3) is 5.27. The molecule has 0 aliphatic heterocycles. The first-order chi connectivity index (χ1) is 8.84. The summed E-state index contributed by atoms with van der Waals surface area (Å²) in [5.74, 6) is -0.197. The van der Waals surface area contributed by atoms with Crippen LogP contribution in [0.15, 0.2) is 27.6 Å². The lowest BCUT2D eigenvalue weighted by molar-refractivity contribution is -0.115. The van der Waals surface area contributed by atoms with Crippen molar-refractivity contribution in [2.75, 3.05) is 18.4 Å². The van der Waals surface area contributed by atoms with Gasteiger partial charge in [-0.2, -0.15) is 0 Å². The number of anilines is 1. The van der Waals surface area contributed by atoms with Crippen molar-refractivity contribution in [2.45, 2.75) is 18.2 Å². The predicted molar refractivity (Wildman–Crippen MR) is 77.3 cm³/mol. The first-order valence-corrected chi connectivity index (χ1v) is 8.01. The summed E-state index contributed by atoms with van der Waals surface area (Å²) in [5.41, 5.74) is 0.496. The Hall–Kier alpha value is -0.960. The van der Waals surface area contributed by atoms with E-state index in [0.717, 1.165) is 13.0 Å². The highest BCUT2D eigenvalue weighted by atomic mass is 79.9. The summed E-state index contributed by atoms with van der Waals surface area (Å²) in [6.45, 7) is 2.98. The fourth-order valence-electron chi connectivity index (χ4n) is 1.35. The smallest absolute Gasteiger partial charge is 0.238 e. The zero-order valence-electron chi connectivity index (χ0n) is 10.4. The molecule has 0 spiro atoms. The maximum absolute atomic E-state index is 11.6. The first kappa shape index (κ1) is 16.1. The molecule has 0 saturated carbocycles. The Kier molecular flexibility index (Phi) is 5.92. The van der Waals surface area contributed by atoms with Crippen LogP contribution in [0.3, 0.4) is 0 Å². The van der Waals surface area contributed by atoms with E-state index in [1.165, 1.54) is 18.2 Å². The van der Waals surface area contributed by atoms with Crippen LogP contribution in [-0.4, -0.2) is 27.4 Å². The molecule has 0 atom stereocenters. The Morgan fingerprint density at radius 3 is 2.63 bits per heavy atom. The highest BCUT2D eigenvalue weighted by Crippen LogP contribution is 2.25. The van der Waals surface area contributed by atoms with Crippen molar-refractivity contribution in [3.05, 3.63) is 22.7 Å². The monoisotopic (exact) mass is 349 g/mol. The molecule has 0 heterocycles. The summed E-state index contributed by atoms with van der Waals surface area (Å²) in [4.78, 5) is 11.6. The topological polar surface area (TPSA) is 101 Å². The lowest BCUT2D eigenvalue weighted by Crippen LogP contribution is -2.28. The summed E-state index contributed by atoms with van der Waals surface area (Å²) in [6, 6.07) is 4.18. The summed E-state index contributed by atoms with van der Waals surface area (Å²) in [6.07, 6.45) is 0.944. The summed E-state index contributed by atoms with van der Waals surface area (Å²) >= 11 is 3.19. The molecular formula is C11H16BrN3O3S. The van der Waals surface area contributed by atoms with E-state index in [9.17, 15) is 13.2 Å². The van der Waals surface area contributed by atoms with Gasteiger partial charge in [-0.15, -0.1) is 0 Å². The van der Waals surface area contributed by atoms with Crippen molar-refractivity contribution in [3.8, 4) is 0 Å². The molecule has 1 aromatic carbocycles. The number of amides is 1. The molecule has 1 amide bonds. The normalized spacial score (nSPS) is 11.3. The number of halogens is 1. The standard InChI is InChI=1S/C11H16BrN3O3S/c1-2-5-14-7-11(16)15-10-4-3-8(6-9(10)12)19(13,17)18/h3-4,6,14H,2,5,7H2,1H3,(H,15,16)(H2,13,17,18). The second-order valence-electron chi connectivity index (χ2n) is 3.91. The van der Waals surface area contributed by atoms with E-state index in [1.54, 1.807) is 0 Å². The molecule has 8 heteroatoms. The molecule has 0 radical (unpaired) electrons. The van der Waals surface area contributed by atoms with Crippen LogP contribution < -0.4 is 15.8 Å². The molecule has 0 aliphatic rings. The Bertz CT molecular complexity index is 560. The zero-order valence-corrected chi connectivity index (χ0v) is 12.8. The lowest BCUT2D eigenvalue weighted by Gasteiger charge is -2.09. The maximum atomic E-state index is 11.6. The van der Waals surface area contributed by atoms with E-state index in [1.807, 2.05) is 6.92 Å². The molecule has 0 fully saturated rings. The van der Waals surface area contributed by atoms with Gasteiger partial charge < -0.3 is 10.6 Å². The highest BCUT2D eigenvalue weighted by molar-refractivity contribution is 9.10. The van der Waals surface area contributed by atoms with Gasteiger partial charge in [0.05, 0.1) is 17.1 Å². The molecule has 0 unspecified atom stereocenters. The van der Waals surface area contributed by atoms with Gasteiger partial charge in [0.2, 0.25) is 15.9 Å². The van der Waals surface area contributed by atoms with Gasteiger partial charge in [-0.05, 0) is 47.1 Å². The summed E-state index contributed by atoms with van der Waals surface area (Å²) in [7, 11) is -3.74. The average molecular weight is 350 g/mol. The molecule has 106 valence electrons. The van der Waals surface area contributed by atoms with Crippen molar-refractivity contribution < 1.29 is 13.2 Å². The van der Waals surface area contributed by atoms with Crippen LogP contribution in [0.5, 0.6) is 0 Å². The number of carbonyl (C=O) groups excluding carboxylic acids is 1. The molecule has 0 saturated heterocycles. The van der Waals surface area contributed by atoms with E-state index in [2.05, 4.69) is 26.6 Å². The highest BCUT2D eigenvalue weighted by Gasteiger charge is 2.11. The second-order valence-corrected chi connectivity index (χ2v) is 6.33. The van der Waals surface area contributed by atoms with Crippen LogP contribution in [0.25, 0.3) is 0 Å². The number of benzene rings is 1. The lowest BCUT2D eigenvalue weighted by atomic mass is 10.3. The Labute approximate surface area is 120 Å². The van der Waals surface area contributed by atoms with Gasteiger partial charge in [0.25, 0.3) is 0 Å². The van der Waals surface area contributed by atoms with Gasteiger partial charge in [0.1, 0.15) is 0 Å². The molecule has 0 aliphatic carbocycles. The van der Waals surface area contributed by atoms with Crippen LogP contribution in [0.1, 0.15) is 13.3 Å². The van der Waals surface area contributed by atoms with Crippen LogP contribution in [-0.2, 0) is 14.8 Å². The van der Waals surface area contributed by atoms with Gasteiger partial charge in [0, 0.05) is 4.47 Å². The van der Waals surface area contributed by atoms with Crippen molar-refractivity contribution in [1.82, 2.24) is 5.32 Å². The SMILES string of the molecule is CCCNCC(=O)Nc1ccc(S(N)(=O)=O)cc1Br. The van der Waals surface area contributed by atoms with Crippen molar-refractivity contribution >= 4 is 37.5 Å². The van der Waals surface area contributed by atoms with Gasteiger partial charge in [-0.3, -0.25) is 4.79 Å². The number of sulfonamides is 1. The minimum atomic E-state index is -3.74. The number of carbonyl (C=O) groups is 1. The van der Waals surface area contributed by atoms with Crippen LogP contribution in [0.2, 0.25) is 0 Å². The van der Waals surface area contributed by atoms with E-state index >= 15 is 0 Å². The second kappa shape index (κ2) is 6.99. The van der Waals surface area contributed by atoms with Crippen LogP contribution >= 0.6 is 15.9 Å². The number of rotatable bonds is 6. The number of primary sulfonamides is 1.